The number of cyclic esters (lactones) is 1. The maximum Gasteiger partial charge on any atom is 0.309 e. The Bertz CT molecular complexity index is 851. The molecule has 4 heteroatoms. The van der Waals surface area contributed by atoms with Gasteiger partial charge in [0.25, 0.3) is 0 Å². The Labute approximate surface area is 213 Å². The summed E-state index contributed by atoms with van der Waals surface area (Å²) in [6.07, 6.45) is 11.0. The Balaban J connectivity index is 1.61. The van der Waals surface area contributed by atoms with Gasteiger partial charge in [0, 0.05) is 10.8 Å². The van der Waals surface area contributed by atoms with Gasteiger partial charge in [0.1, 0.15) is 12.4 Å². The van der Waals surface area contributed by atoms with Gasteiger partial charge in [-0.25, -0.2) is 0 Å². The van der Waals surface area contributed by atoms with Crippen LogP contribution in [0.4, 0.5) is 0 Å². The summed E-state index contributed by atoms with van der Waals surface area (Å²) in [4.78, 5) is 25.4. The normalized spacial score (nSPS) is 51.9. The van der Waals surface area contributed by atoms with Gasteiger partial charge in [-0.3, -0.25) is 4.79 Å². The largest absolute Gasteiger partial charge is 0.462 e. The van der Waals surface area contributed by atoms with Crippen LogP contribution in [0.1, 0.15) is 93.9 Å². The Morgan fingerprint density at radius 2 is 1.74 bits per heavy atom. The smallest absolute Gasteiger partial charge is 0.309 e. The second kappa shape index (κ2) is 9.30. The molecule has 4 fully saturated rings. The Hall–Kier alpha value is -1.16. The van der Waals surface area contributed by atoms with E-state index in [0.717, 1.165) is 25.7 Å². The molecule has 0 aromatic heterocycles. The lowest BCUT2D eigenvalue weighted by molar-refractivity contribution is -0.190. The monoisotopic (exact) mass is 486 g/mol. The van der Waals surface area contributed by atoms with Gasteiger partial charge < -0.3 is 14.6 Å². The molecule has 13 atom stereocenters. The highest BCUT2D eigenvalue weighted by atomic mass is 16.5. The van der Waals surface area contributed by atoms with Crippen LogP contribution in [0.3, 0.4) is 0 Å². The summed E-state index contributed by atoms with van der Waals surface area (Å²) < 4.78 is 6.00. The van der Waals surface area contributed by atoms with Crippen LogP contribution >= 0.6 is 0 Å². The number of carbonyl (C=O) groups is 2. The van der Waals surface area contributed by atoms with Gasteiger partial charge >= 0.3 is 5.97 Å². The summed E-state index contributed by atoms with van der Waals surface area (Å²) in [5.41, 5.74) is -0.799. The number of carbonyl (C=O) groups excluding carboxylic acids is 2. The molecule has 0 aromatic rings. The quantitative estimate of drug-likeness (QED) is 0.275. The number of aldehydes is 1. The lowest BCUT2D eigenvalue weighted by Gasteiger charge is -2.64. The number of rotatable bonds is 5. The maximum atomic E-state index is 12.9. The van der Waals surface area contributed by atoms with E-state index in [1.165, 1.54) is 19.1 Å². The number of aliphatic hydroxyl groups is 1. The number of fused-ring (bicyclic) bond motifs is 3. The van der Waals surface area contributed by atoms with Crippen molar-refractivity contribution in [2.24, 2.45) is 63.6 Å². The van der Waals surface area contributed by atoms with Gasteiger partial charge in [0.15, 0.2) is 0 Å². The molecular formula is C31H50O4. The van der Waals surface area contributed by atoms with Gasteiger partial charge in [-0.1, -0.05) is 60.6 Å². The average molecular weight is 487 g/mol. The van der Waals surface area contributed by atoms with Crippen LogP contribution in [0, 0.1) is 63.6 Å². The van der Waals surface area contributed by atoms with E-state index in [2.05, 4.69) is 41.5 Å². The van der Waals surface area contributed by atoms with Crippen LogP contribution in [0.2, 0.25) is 0 Å². The van der Waals surface area contributed by atoms with Gasteiger partial charge in [-0.2, -0.15) is 0 Å². The third-order valence-electron chi connectivity index (χ3n) is 12.6. The molecule has 1 heterocycles. The van der Waals surface area contributed by atoms with E-state index in [9.17, 15) is 14.7 Å². The summed E-state index contributed by atoms with van der Waals surface area (Å²) in [7, 11) is 0. The van der Waals surface area contributed by atoms with Gasteiger partial charge in [-0.15, -0.1) is 0 Å². The minimum Gasteiger partial charge on any atom is -0.462 e. The predicted molar refractivity (Wildman–Crippen MR) is 139 cm³/mol. The molecule has 0 spiro atoms. The molecule has 3 aliphatic carbocycles. The summed E-state index contributed by atoms with van der Waals surface area (Å²) in [5, 5.41) is 11.2. The molecule has 35 heavy (non-hydrogen) atoms. The highest BCUT2D eigenvalue weighted by Gasteiger charge is 2.66. The topological polar surface area (TPSA) is 63.6 Å². The van der Waals surface area contributed by atoms with Crippen LogP contribution in [0.25, 0.3) is 0 Å². The van der Waals surface area contributed by atoms with Crippen molar-refractivity contribution in [3.8, 4) is 0 Å². The van der Waals surface area contributed by atoms with Gasteiger partial charge in [0.05, 0.1) is 12.0 Å². The molecule has 3 saturated carbocycles. The summed E-state index contributed by atoms with van der Waals surface area (Å²) in [6.45, 7) is 17.5. The van der Waals surface area contributed by atoms with E-state index < -0.39 is 16.9 Å². The van der Waals surface area contributed by atoms with Crippen molar-refractivity contribution in [2.45, 2.75) is 106 Å². The van der Waals surface area contributed by atoms with E-state index in [-0.39, 0.29) is 29.3 Å². The van der Waals surface area contributed by atoms with E-state index in [0.29, 0.717) is 35.5 Å². The number of hydrogen-bond acceptors (Lipinski definition) is 4. The summed E-state index contributed by atoms with van der Waals surface area (Å²) in [6, 6.07) is 0. The average Bonchev–Trinajstić information content (AvgIpc) is 3.17. The molecule has 4 aliphatic rings. The van der Waals surface area contributed by atoms with Crippen LogP contribution in [0.5, 0.6) is 0 Å². The minimum atomic E-state index is -0.617. The van der Waals surface area contributed by atoms with E-state index in [1.54, 1.807) is 0 Å². The molecule has 0 amide bonds. The molecule has 1 saturated heterocycles. The van der Waals surface area contributed by atoms with Crippen LogP contribution in [-0.4, -0.2) is 29.6 Å². The lowest BCUT2D eigenvalue weighted by atomic mass is 9.40. The molecule has 1 aliphatic heterocycles. The highest BCUT2D eigenvalue weighted by Crippen LogP contribution is 2.70. The van der Waals surface area contributed by atoms with Crippen molar-refractivity contribution in [3.63, 3.8) is 0 Å². The zero-order valence-corrected chi connectivity index (χ0v) is 23.4. The van der Waals surface area contributed by atoms with E-state index >= 15 is 0 Å². The number of hydrogen-bond donors (Lipinski definition) is 1. The molecule has 0 aromatic carbocycles. The third-order valence-corrected chi connectivity index (χ3v) is 12.6. The van der Waals surface area contributed by atoms with Crippen molar-refractivity contribution in [1.29, 1.82) is 0 Å². The van der Waals surface area contributed by atoms with Gasteiger partial charge in [0.2, 0.25) is 0 Å². The van der Waals surface area contributed by atoms with Gasteiger partial charge in [-0.05, 0) is 92.3 Å². The fraction of sp³-hybridized carbons (Fsp3) is 0.871. The van der Waals surface area contributed by atoms with E-state index in [4.69, 9.17) is 4.74 Å². The first-order valence-electron chi connectivity index (χ1n) is 14.3. The van der Waals surface area contributed by atoms with Crippen LogP contribution in [-0.2, 0) is 14.3 Å². The molecular weight excluding hydrogens is 436 g/mol. The van der Waals surface area contributed by atoms with Crippen molar-refractivity contribution in [3.05, 3.63) is 12.2 Å². The first kappa shape index (κ1) is 26.9. The second-order valence-corrected chi connectivity index (χ2v) is 13.7. The first-order valence-corrected chi connectivity index (χ1v) is 14.3. The lowest BCUT2D eigenvalue weighted by Crippen LogP contribution is -2.62. The van der Waals surface area contributed by atoms with Crippen LogP contribution in [0.15, 0.2) is 12.2 Å². The Morgan fingerprint density at radius 1 is 1.06 bits per heavy atom. The first-order chi connectivity index (χ1) is 16.4. The number of allylic oxidation sites excluding steroid dienone is 1. The number of esters is 1. The zero-order valence-electron chi connectivity index (χ0n) is 23.4. The third kappa shape index (κ3) is 3.79. The highest BCUT2D eigenvalue weighted by molar-refractivity contribution is 5.73. The Kier molecular flexibility index (Phi) is 7.14. The Morgan fingerprint density at radius 3 is 2.34 bits per heavy atom. The summed E-state index contributed by atoms with van der Waals surface area (Å²) in [5.74, 6) is 2.92. The SMILES string of the molecule is C/C=C\[C@H](O)[C@@]1(C)[C@H](C)CC2C3CCC([C@H](C)C4C[C@@H](C)[C@H](C)C(=O)O4)[C@@]3(C)CCC2[C@@]1(C)C=O. The zero-order chi connectivity index (χ0) is 25.9. The van der Waals surface area contributed by atoms with Crippen molar-refractivity contribution >= 4 is 12.3 Å². The predicted octanol–water partition coefficient (Wildman–Crippen LogP) is 6.46. The van der Waals surface area contributed by atoms with Crippen molar-refractivity contribution < 1.29 is 19.4 Å². The molecule has 4 nitrogen and oxygen atoms in total. The van der Waals surface area contributed by atoms with Crippen molar-refractivity contribution in [1.82, 2.24) is 0 Å². The van der Waals surface area contributed by atoms with Crippen molar-refractivity contribution in [2.75, 3.05) is 0 Å². The molecule has 4 rings (SSSR count). The standard InChI is InChI=1S/C31H50O4/c1-9-10-27(33)31(8)19(3)16-22-24-12-11-23(21(5)26-15-18(2)20(4)28(34)35-26)29(24,6)14-13-25(22)30(31,7)17-32/h9-10,17-27,33H,11-16H2,1-8H3/b10-9-/t18-,19-,20+,21+,22?,23?,24?,25?,26?,27+,29-,30-,31-/m1/s1. The van der Waals surface area contributed by atoms with Crippen LogP contribution < -0.4 is 0 Å². The molecule has 198 valence electrons. The minimum absolute atomic E-state index is 0.00207. The number of aliphatic hydroxyl groups excluding tert-OH is 1. The molecule has 1 N–H and O–H groups in total. The fourth-order valence-corrected chi connectivity index (χ4v) is 9.74. The molecule has 5 unspecified atom stereocenters. The summed E-state index contributed by atoms with van der Waals surface area (Å²) >= 11 is 0. The second-order valence-electron chi connectivity index (χ2n) is 13.7. The maximum absolute atomic E-state index is 12.9. The number of ether oxygens (including phenoxy) is 1. The van der Waals surface area contributed by atoms with E-state index in [1.807, 2.05) is 26.0 Å². The molecule has 0 bridgehead atoms. The molecule has 0 radical (unpaired) electrons. The fourth-order valence-electron chi connectivity index (χ4n) is 9.74.